The van der Waals surface area contributed by atoms with Gasteiger partial charge in [-0.25, -0.2) is 0 Å². The topological polar surface area (TPSA) is 71.4 Å². The zero-order valence-corrected chi connectivity index (χ0v) is 12.1. The Morgan fingerprint density at radius 1 is 1.33 bits per heavy atom. The predicted molar refractivity (Wildman–Crippen MR) is 75.6 cm³/mol. The van der Waals surface area contributed by atoms with Crippen molar-refractivity contribution in [3.8, 4) is 17.2 Å². The molecular weight excluding hydrogens is 274 g/mol. The van der Waals surface area contributed by atoms with Crippen LogP contribution < -0.4 is 14.2 Å². The first-order valence-electron chi connectivity index (χ1n) is 7.19. The molecule has 6 nitrogen and oxygen atoms in total. The van der Waals surface area contributed by atoms with Crippen molar-refractivity contribution in [3.05, 3.63) is 17.7 Å². The van der Waals surface area contributed by atoms with Crippen LogP contribution in [0.1, 0.15) is 12.0 Å². The van der Waals surface area contributed by atoms with Crippen LogP contribution >= 0.6 is 0 Å². The molecule has 2 aliphatic rings. The summed E-state index contributed by atoms with van der Waals surface area (Å²) in [6.45, 7) is 2.36. The monoisotopic (exact) mass is 295 g/mol. The predicted octanol–water partition coefficient (Wildman–Crippen LogP) is 0.599. The number of methoxy groups -OCH3 is 1. The number of hydrogen-bond donors (Lipinski definition) is 2. The number of β-amino-alcohol motifs (C(OH)–C–C–N with tert-alkyl or cyclic N) is 1. The summed E-state index contributed by atoms with van der Waals surface area (Å²) in [6, 6.07) is 3.78. The summed E-state index contributed by atoms with van der Waals surface area (Å²) in [5.41, 5.74) is 1.01. The Balaban J connectivity index is 1.73. The van der Waals surface area contributed by atoms with E-state index in [1.807, 2.05) is 12.1 Å². The number of ether oxygens (including phenoxy) is 3. The first kappa shape index (κ1) is 14.4. The summed E-state index contributed by atoms with van der Waals surface area (Å²) in [5, 5.41) is 19.2. The smallest absolute Gasteiger partial charge is 0.231 e. The minimum Gasteiger partial charge on any atom is -0.496 e. The fraction of sp³-hybridized carbons (Fsp3) is 0.600. The largest absolute Gasteiger partial charge is 0.496 e. The van der Waals surface area contributed by atoms with E-state index < -0.39 is 6.10 Å². The minimum atomic E-state index is -0.483. The van der Waals surface area contributed by atoms with Crippen LogP contribution in [0.15, 0.2) is 12.1 Å². The molecule has 116 valence electrons. The van der Waals surface area contributed by atoms with E-state index in [1.54, 1.807) is 7.11 Å². The van der Waals surface area contributed by atoms with Crippen LogP contribution in [0.3, 0.4) is 0 Å². The second-order valence-electron chi connectivity index (χ2n) is 5.55. The molecule has 0 radical (unpaired) electrons. The lowest BCUT2D eigenvalue weighted by Crippen LogP contribution is -2.44. The van der Waals surface area contributed by atoms with Gasteiger partial charge in [-0.3, -0.25) is 4.90 Å². The Morgan fingerprint density at radius 3 is 2.76 bits per heavy atom. The van der Waals surface area contributed by atoms with Crippen LogP contribution in [0.2, 0.25) is 0 Å². The minimum absolute atomic E-state index is 0.0140. The summed E-state index contributed by atoms with van der Waals surface area (Å²) < 4.78 is 16.2. The Hall–Kier alpha value is -1.50. The van der Waals surface area contributed by atoms with Crippen molar-refractivity contribution in [2.24, 2.45) is 5.92 Å². The number of aliphatic hydroxyl groups is 2. The number of rotatable bonds is 4. The Bertz CT molecular complexity index is 507. The van der Waals surface area contributed by atoms with Gasteiger partial charge in [0.15, 0.2) is 11.5 Å². The normalized spacial score (nSPS) is 25.1. The standard InChI is InChI=1S/C15H21NO5/c1-19-13-5-15-14(20-9-21-15)4-11(13)6-16-3-2-10(8-17)12(18)7-16/h4-5,10,12,17-18H,2-3,6-9H2,1H3/t10-,12+/m1/s1. The first-order valence-corrected chi connectivity index (χ1v) is 7.19. The highest BCUT2D eigenvalue weighted by molar-refractivity contribution is 5.51. The summed E-state index contributed by atoms with van der Waals surface area (Å²) >= 11 is 0. The maximum atomic E-state index is 10.0. The van der Waals surface area contributed by atoms with E-state index in [0.717, 1.165) is 30.0 Å². The molecule has 0 unspecified atom stereocenters. The Kier molecular flexibility index (Phi) is 4.19. The third-order valence-corrected chi connectivity index (χ3v) is 4.21. The third kappa shape index (κ3) is 2.92. The van der Waals surface area contributed by atoms with E-state index >= 15 is 0 Å². The summed E-state index contributed by atoms with van der Waals surface area (Å²) in [7, 11) is 1.63. The number of hydrogen-bond acceptors (Lipinski definition) is 6. The van der Waals surface area contributed by atoms with Crippen LogP contribution in [0.5, 0.6) is 17.2 Å². The highest BCUT2D eigenvalue weighted by Gasteiger charge is 2.28. The van der Waals surface area contributed by atoms with Crippen LogP contribution in [0, 0.1) is 5.92 Å². The average Bonchev–Trinajstić information content (AvgIpc) is 2.93. The number of likely N-dealkylation sites (tertiary alicyclic amines) is 1. The van der Waals surface area contributed by atoms with Gasteiger partial charge in [-0.05, 0) is 19.0 Å². The van der Waals surface area contributed by atoms with Gasteiger partial charge >= 0.3 is 0 Å². The van der Waals surface area contributed by atoms with E-state index in [1.165, 1.54) is 0 Å². The maximum absolute atomic E-state index is 10.0. The third-order valence-electron chi connectivity index (χ3n) is 4.21. The molecule has 0 bridgehead atoms. The number of piperidine rings is 1. The van der Waals surface area contributed by atoms with Crippen molar-refractivity contribution in [1.29, 1.82) is 0 Å². The lowest BCUT2D eigenvalue weighted by molar-refractivity contribution is -0.00463. The zero-order chi connectivity index (χ0) is 14.8. The van der Waals surface area contributed by atoms with Gasteiger partial charge < -0.3 is 24.4 Å². The van der Waals surface area contributed by atoms with Gasteiger partial charge in [-0.2, -0.15) is 0 Å². The number of benzene rings is 1. The second kappa shape index (κ2) is 6.09. The molecule has 2 atom stereocenters. The molecule has 0 saturated carbocycles. The molecule has 2 heterocycles. The van der Waals surface area contributed by atoms with E-state index in [0.29, 0.717) is 18.8 Å². The van der Waals surface area contributed by atoms with Gasteiger partial charge in [0.2, 0.25) is 6.79 Å². The first-order chi connectivity index (χ1) is 10.2. The zero-order valence-electron chi connectivity index (χ0n) is 12.1. The molecule has 2 aliphatic heterocycles. The van der Waals surface area contributed by atoms with E-state index in [-0.39, 0.29) is 19.3 Å². The maximum Gasteiger partial charge on any atom is 0.231 e. The van der Waals surface area contributed by atoms with Crippen LogP contribution in [-0.2, 0) is 6.54 Å². The van der Waals surface area contributed by atoms with Gasteiger partial charge in [0.05, 0.1) is 13.2 Å². The molecule has 3 rings (SSSR count). The van der Waals surface area contributed by atoms with Crippen LogP contribution in [0.4, 0.5) is 0 Å². The molecule has 0 aliphatic carbocycles. The van der Waals surface area contributed by atoms with Gasteiger partial charge in [-0.1, -0.05) is 0 Å². The molecule has 1 fully saturated rings. The number of nitrogens with zero attached hydrogens (tertiary/aromatic N) is 1. The molecular formula is C15H21NO5. The van der Waals surface area contributed by atoms with Crippen molar-refractivity contribution >= 4 is 0 Å². The van der Waals surface area contributed by atoms with E-state index in [2.05, 4.69) is 4.90 Å². The van der Waals surface area contributed by atoms with Gasteiger partial charge in [0, 0.05) is 37.2 Å². The average molecular weight is 295 g/mol. The van der Waals surface area contributed by atoms with Gasteiger partial charge in [0.1, 0.15) is 5.75 Å². The van der Waals surface area contributed by atoms with Crippen molar-refractivity contribution in [2.75, 3.05) is 33.6 Å². The van der Waals surface area contributed by atoms with Crippen molar-refractivity contribution < 1.29 is 24.4 Å². The van der Waals surface area contributed by atoms with Crippen LogP contribution in [0.25, 0.3) is 0 Å². The van der Waals surface area contributed by atoms with Crippen molar-refractivity contribution in [2.45, 2.75) is 19.1 Å². The van der Waals surface area contributed by atoms with E-state index in [4.69, 9.17) is 14.2 Å². The summed E-state index contributed by atoms with van der Waals surface area (Å²) in [6.07, 6.45) is 0.314. The number of aliphatic hydroxyl groups excluding tert-OH is 2. The fourth-order valence-corrected chi connectivity index (χ4v) is 2.92. The fourth-order valence-electron chi connectivity index (χ4n) is 2.92. The van der Waals surface area contributed by atoms with Crippen molar-refractivity contribution in [1.82, 2.24) is 4.90 Å². The highest BCUT2D eigenvalue weighted by Crippen LogP contribution is 2.38. The second-order valence-corrected chi connectivity index (χ2v) is 5.55. The molecule has 21 heavy (non-hydrogen) atoms. The molecule has 1 saturated heterocycles. The Labute approximate surface area is 123 Å². The lowest BCUT2D eigenvalue weighted by Gasteiger charge is -2.35. The lowest BCUT2D eigenvalue weighted by atomic mass is 9.94. The molecule has 1 aromatic rings. The molecule has 0 spiro atoms. The highest BCUT2D eigenvalue weighted by atomic mass is 16.7. The molecule has 6 heteroatoms. The van der Waals surface area contributed by atoms with E-state index in [9.17, 15) is 10.2 Å². The van der Waals surface area contributed by atoms with Crippen molar-refractivity contribution in [3.63, 3.8) is 0 Å². The molecule has 0 aromatic heterocycles. The molecule has 1 aromatic carbocycles. The van der Waals surface area contributed by atoms with Crippen LogP contribution in [-0.4, -0.2) is 54.8 Å². The quantitative estimate of drug-likeness (QED) is 0.847. The molecule has 2 N–H and O–H groups in total. The SMILES string of the molecule is COc1cc2c(cc1CN1CC[C@H](CO)[C@@H](O)C1)OCO2. The summed E-state index contributed by atoms with van der Waals surface area (Å²) in [5.74, 6) is 2.18. The van der Waals surface area contributed by atoms with Gasteiger partial charge in [-0.15, -0.1) is 0 Å². The summed E-state index contributed by atoms with van der Waals surface area (Å²) in [4.78, 5) is 2.16. The Morgan fingerprint density at radius 2 is 2.10 bits per heavy atom. The molecule has 0 amide bonds. The van der Waals surface area contributed by atoms with Gasteiger partial charge in [0.25, 0.3) is 0 Å². The number of fused-ring (bicyclic) bond motifs is 1.